The van der Waals surface area contributed by atoms with Gasteiger partial charge in [-0.1, -0.05) is 135 Å². The summed E-state index contributed by atoms with van der Waals surface area (Å²) in [6, 6.07) is 0. The van der Waals surface area contributed by atoms with Crippen LogP contribution in [-0.4, -0.2) is 19.6 Å². The molecule has 0 aliphatic carbocycles. The van der Waals surface area contributed by atoms with Gasteiger partial charge in [0.15, 0.2) is 0 Å². The summed E-state index contributed by atoms with van der Waals surface area (Å²) in [5.41, 5.74) is 0. The van der Waals surface area contributed by atoms with Gasteiger partial charge in [-0.25, -0.2) is 8.42 Å². The number of unbranched alkanes of at least 4 members (excludes halogenated alkanes) is 17. The average molecular weight is 483 g/mol. The van der Waals surface area contributed by atoms with Crippen molar-refractivity contribution in [2.75, 3.05) is 6.61 Å². The molecule has 0 saturated carbocycles. The maximum Gasteiger partial charge on any atom is 1.00 e. The van der Waals surface area contributed by atoms with E-state index >= 15 is 0 Å². The van der Waals surface area contributed by atoms with E-state index < -0.39 is 10.4 Å². The zero-order valence-electron chi connectivity index (χ0n) is 21.6. The van der Waals surface area contributed by atoms with Crippen LogP contribution in [-0.2, 0) is 14.6 Å². The van der Waals surface area contributed by atoms with E-state index in [1.54, 1.807) is 0 Å². The second-order valence-corrected chi connectivity index (χ2v) is 10.2. The first-order valence-electron chi connectivity index (χ1n) is 13.3. The second kappa shape index (κ2) is 26.2. The van der Waals surface area contributed by atoms with Crippen molar-refractivity contribution in [1.29, 1.82) is 0 Å². The van der Waals surface area contributed by atoms with Gasteiger partial charge in [-0.15, -0.1) is 0 Å². The van der Waals surface area contributed by atoms with Crippen LogP contribution in [0.5, 0.6) is 0 Å². The fourth-order valence-corrected chi connectivity index (χ4v) is 4.33. The van der Waals surface area contributed by atoms with Gasteiger partial charge in [0.25, 0.3) is 0 Å². The number of rotatable bonds is 24. The molecule has 186 valence electrons. The molecule has 0 radical (unpaired) electrons. The summed E-state index contributed by atoms with van der Waals surface area (Å²) in [6.45, 7) is 4.47. The van der Waals surface area contributed by atoms with Crippen LogP contribution in [0.4, 0.5) is 0 Å². The summed E-state index contributed by atoms with van der Waals surface area (Å²) in [4.78, 5) is 0. The van der Waals surface area contributed by atoms with E-state index in [4.69, 9.17) is 0 Å². The van der Waals surface area contributed by atoms with Gasteiger partial charge < -0.3 is 4.55 Å². The third-order valence-electron chi connectivity index (χ3n) is 5.99. The van der Waals surface area contributed by atoms with Crippen molar-refractivity contribution >= 4 is 10.4 Å². The van der Waals surface area contributed by atoms with E-state index in [2.05, 4.69) is 30.2 Å². The molecule has 0 N–H and O–H groups in total. The summed E-state index contributed by atoms with van der Waals surface area (Å²) in [7, 11) is -4.61. The van der Waals surface area contributed by atoms with E-state index in [-0.39, 0.29) is 42.1 Å². The topological polar surface area (TPSA) is 66.4 Å². The van der Waals surface area contributed by atoms with Crippen molar-refractivity contribution in [3.8, 4) is 0 Å². The summed E-state index contributed by atoms with van der Waals surface area (Å²) in [6.07, 6.45) is 29.4. The van der Waals surface area contributed by atoms with Crippen LogP contribution >= 0.6 is 0 Å². The smallest absolute Gasteiger partial charge is 0.726 e. The Morgan fingerprint density at radius 2 is 1.09 bits per heavy atom. The predicted octanol–water partition coefficient (Wildman–Crippen LogP) is 5.48. The molecule has 0 aliphatic heterocycles. The van der Waals surface area contributed by atoms with Crippen molar-refractivity contribution in [1.82, 2.24) is 0 Å². The monoisotopic (exact) mass is 482 g/mol. The Morgan fingerprint density at radius 1 is 0.688 bits per heavy atom. The Hall–Kier alpha value is 0.610. The fraction of sp³-hybridized carbons (Fsp3) is 0.923. The minimum absolute atomic E-state index is 0. The zero-order chi connectivity index (χ0) is 23.0. The first kappa shape index (κ1) is 34.8. The molecule has 1 atom stereocenters. The van der Waals surface area contributed by atoms with Crippen molar-refractivity contribution in [3.63, 3.8) is 0 Å². The van der Waals surface area contributed by atoms with E-state index in [0.717, 1.165) is 19.3 Å². The first-order chi connectivity index (χ1) is 15.0. The molecule has 0 spiro atoms. The first-order valence-corrected chi connectivity index (χ1v) is 14.6. The number of hydrogen-bond acceptors (Lipinski definition) is 4. The molecule has 0 aliphatic rings. The zero-order valence-corrected chi connectivity index (χ0v) is 24.4. The molecular formula is C26H51NaO4S. The largest absolute Gasteiger partial charge is 1.00 e. The van der Waals surface area contributed by atoms with Gasteiger partial charge in [0.1, 0.15) is 0 Å². The Bertz CT molecular complexity index is 494. The SMILES string of the molecule is CCCCCCCCCC/C=C/C(CCCCCCCCCCCC)COS(=O)(=O)[O-].[Na+]. The van der Waals surface area contributed by atoms with Gasteiger partial charge in [0.2, 0.25) is 10.4 Å². The summed E-state index contributed by atoms with van der Waals surface area (Å²) in [5, 5.41) is 0. The molecule has 0 heterocycles. The molecule has 0 aromatic carbocycles. The molecule has 0 aromatic heterocycles. The molecule has 32 heavy (non-hydrogen) atoms. The van der Waals surface area contributed by atoms with Gasteiger partial charge in [-0.3, -0.25) is 4.18 Å². The molecule has 6 heteroatoms. The van der Waals surface area contributed by atoms with Gasteiger partial charge in [0, 0.05) is 5.92 Å². The standard InChI is InChI=1S/C26H52O4S.Na/c1-3-5-7-9-11-13-15-17-19-21-23-26(25-30-31(27,28)29)24-22-20-18-16-14-12-10-8-6-4-2;/h21,23,26H,3-20,22,24-25H2,1-2H3,(H,27,28,29);/q;+1/p-1/b23-21+;. The average Bonchev–Trinajstić information content (AvgIpc) is 2.73. The molecule has 0 rings (SSSR count). The summed E-state index contributed by atoms with van der Waals surface area (Å²) >= 11 is 0. The van der Waals surface area contributed by atoms with Gasteiger partial charge in [-0.2, -0.15) is 0 Å². The molecule has 0 aromatic rings. The van der Waals surface area contributed by atoms with Gasteiger partial charge in [0.05, 0.1) is 6.61 Å². The summed E-state index contributed by atoms with van der Waals surface area (Å²) < 4.78 is 37.0. The van der Waals surface area contributed by atoms with E-state index in [0.29, 0.717) is 0 Å². The van der Waals surface area contributed by atoms with Crippen molar-refractivity contribution < 1.29 is 46.7 Å². The third-order valence-corrected chi connectivity index (χ3v) is 6.41. The molecule has 4 nitrogen and oxygen atoms in total. The second-order valence-electron chi connectivity index (χ2n) is 9.12. The van der Waals surface area contributed by atoms with Crippen molar-refractivity contribution in [2.45, 2.75) is 142 Å². The Balaban J connectivity index is 0. The molecule has 0 bridgehead atoms. The Labute approximate surface area is 223 Å². The van der Waals surface area contributed by atoms with E-state index in [1.807, 2.05) is 0 Å². The number of hydrogen-bond donors (Lipinski definition) is 0. The molecule has 0 fully saturated rings. The minimum Gasteiger partial charge on any atom is -0.726 e. The van der Waals surface area contributed by atoms with Crippen LogP contribution in [0, 0.1) is 5.92 Å². The minimum atomic E-state index is -4.61. The van der Waals surface area contributed by atoms with Gasteiger partial charge in [-0.05, 0) is 19.3 Å². The normalized spacial score (nSPS) is 12.8. The van der Waals surface area contributed by atoms with E-state index in [1.165, 1.54) is 109 Å². The third kappa shape index (κ3) is 28.6. The van der Waals surface area contributed by atoms with Crippen molar-refractivity contribution in [2.24, 2.45) is 5.92 Å². The van der Waals surface area contributed by atoms with Crippen LogP contribution in [0.1, 0.15) is 142 Å². The maximum absolute atomic E-state index is 10.8. The maximum atomic E-state index is 10.8. The van der Waals surface area contributed by atoms with Crippen LogP contribution in [0.2, 0.25) is 0 Å². The fourth-order valence-electron chi connectivity index (χ4n) is 3.98. The number of allylic oxidation sites excluding steroid dienone is 1. The Kier molecular flexibility index (Phi) is 28.5. The quantitative estimate of drug-likeness (QED) is 0.0600. The summed E-state index contributed by atoms with van der Waals surface area (Å²) in [5.74, 6) is 0.0202. The molecule has 0 amide bonds. The van der Waals surface area contributed by atoms with Crippen LogP contribution in [0.3, 0.4) is 0 Å². The molecular weight excluding hydrogens is 431 g/mol. The van der Waals surface area contributed by atoms with Crippen molar-refractivity contribution in [3.05, 3.63) is 12.2 Å². The predicted molar refractivity (Wildman–Crippen MR) is 132 cm³/mol. The van der Waals surface area contributed by atoms with Crippen LogP contribution < -0.4 is 29.6 Å². The molecule has 1 unspecified atom stereocenters. The van der Waals surface area contributed by atoms with E-state index in [9.17, 15) is 13.0 Å². The molecule has 0 saturated heterocycles. The van der Waals surface area contributed by atoms with Crippen LogP contribution in [0.25, 0.3) is 0 Å². The Morgan fingerprint density at radius 3 is 1.53 bits per heavy atom. The van der Waals surface area contributed by atoms with Crippen LogP contribution in [0.15, 0.2) is 12.2 Å². The van der Waals surface area contributed by atoms with Gasteiger partial charge >= 0.3 is 29.6 Å².